The Kier molecular flexibility index (Phi) is 3.14. The summed E-state index contributed by atoms with van der Waals surface area (Å²) in [4.78, 5) is 24.9. The summed E-state index contributed by atoms with van der Waals surface area (Å²) in [5.74, 6) is 0.161. The first-order chi connectivity index (χ1) is 9.97. The van der Waals surface area contributed by atoms with Gasteiger partial charge in [0.05, 0.1) is 12.7 Å². The van der Waals surface area contributed by atoms with E-state index in [1.54, 1.807) is 31.2 Å². The lowest BCUT2D eigenvalue weighted by Crippen LogP contribution is -2.39. The molecule has 3 rings (SSSR count). The number of carbonyl (C=O) groups excluding carboxylic acids is 2. The molecule has 0 saturated heterocycles. The predicted octanol–water partition coefficient (Wildman–Crippen LogP) is 1.82. The highest BCUT2D eigenvalue weighted by atomic mass is 16.3. The van der Waals surface area contributed by atoms with Crippen LogP contribution in [-0.2, 0) is 11.2 Å². The second kappa shape index (κ2) is 4.86. The first-order valence-corrected chi connectivity index (χ1v) is 6.64. The molecular formula is C16H15NO4. The Balaban J connectivity index is 2.00. The van der Waals surface area contributed by atoms with Crippen molar-refractivity contribution >= 4 is 11.8 Å². The molecule has 2 aromatic rings. The largest absolute Gasteiger partial charge is 0.469 e. The number of hydrogen-bond acceptors (Lipinski definition) is 4. The van der Waals surface area contributed by atoms with Gasteiger partial charge in [0.2, 0.25) is 5.91 Å². The lowest BCUT2D eigenvalue weighted by Gasteiger charge is -2.24. The van der Waals surface area contributed by atoms with Gasteiger partial charge in [0.25, 0.3) is 5.91 Å². The van der Waals surface area contributed by atoms with Gasteiger partial charge in [-0.3, -0.25) is 14.5 Å². The average Bonchev–Trinajstić information content (AvgIpc) is 2.90. The van der Waals surface area contributed by atoms with Gasteiger partial charge in [-0.25, -0.2) is 0 Å². The minimum absolute atomic E-state index is 0.207. The average molecular weight is 285 g/mol. The molecule has 0 saturated carbocycles. The van der Waals surface area contributed by atoms with E-state index in [1.165, 1.54) is 13.3 Å². The normalized spacial score (nSPS) is 16.0. The van der Waals surface area contributed by atoms with Gasteiger partial charge < -0.3 is 9.52 Å². The number of rotatable bonds is 2. The topological polar surface area (TPSA) is 70.8 Å². The van der Waals surface area contributed by atoms with Crippen molar-refractivity contribution < 1.29 is 19.1 Å². The van der Waals surface area contributed by atoms with E-state index in [0.717, 1.165) is 4.90 Å². The standard InChI is InChI=1S/C16H15NO4/c1-9-5-12(8-21-9)15(19)11-4-3-10-7-14(18)17(2)16(20)13(10)6-11/h3-6,8,15,19H,7H2,1-2H3. The highest BCUT2D eigenvalue weighted by Gasteiger charge is 2.28. The molecule has 1 aliphatic rings. The number of furan rings is 1. The fourth-order valence-corrected chi connectivity index (χ4v) is 2.49. The van der Waals surface area contributed by atoms with Crippen LogP contribution >= 0.6 is 0 Å². The van der Waals surface area contributed by atoms with Gasteiger partial charge in [-0.05, 0) is 30.2 Å². The Labute approximate surface area is 121 Å². The van der Waals surface area contributed by atoms with E-state index in [2.05, 4.69) is 0 Å². The summed E-state index contributed by atoms with van der Waals surface area (Å²) in [6.07, 6.45) is 0.846. The molecule has 2 amide bonds. The first-order valence-electron chi connectivity index (χ1n) is 6.64. The SMILES string of the molecule is Cc1cc(C(O)c2ccc3c(c2)C(=O)N(C)C(=O)C3)co1. The Hall–Kier alpha value is -2.40. The molecular weight excluding hydrogens is 270 g/mol. The van der Waals surface area contributed by atoms with Crippen molar-refractivity contribution in [2.75, 3.05) is 7.05 Å². The van der Waals surface area contributed by atoms with Crippen molar-refractivity contribution in [3.05, 3.63) is 58.5 Å². The molecule has 0 fully saturated rings. The van der Waals surface area contributed by atoms with Crippen LogP contribution < -0.4 is 0 Å². The number of fused-ring (bicyclic) bond motifs is 1. The maximum atomic E-state index is 12.1. The minimum Gasteiger partial charge on any atom is -0.469 e. The minimum atomic E-state index is -0.858. The Morgan fingerprint density at radius 2 is 2.00 bits per heavy atom. The first kappa shape index (κ1) is 13.6. The van der Waals surface area contributed by atoms with Crippen LogP contribution in [0, 0.1) is 6.92 Å². The molecule has 1 aliphatic heterocycles. The van der Waals surface area contributed by atoms with Crippen molar-refractivity contribution in [1.82, 2.24) is 4.90 Å². The summed E-state index contributed by atoms with van der Waals surface area (Å²) in [5, 5.41) is 10.4. The number of aliphatic hydroxyl groups is 1. The van der Waals surface area contributed by atoms with E-state index in [9.17, 15) is 14.7 Å². The van der Waals surface area contributed by atoms with Crippen LogP contribution in [0.1, 0.15) is 38.9 Å². The molecule has 1 unspecified atom stereocenters. The van der Waals surface area contributed by atoms with Gasteiger partial charge in [0.1, 0.15) is 11.9 Å². The van der Waals surface area contributed by atoms with Crippen molar-refractivity contribution in [3.8, 4) is 0 Å². The van der Waals surface area contributed by atoms with Crippen molar-refractivity contribution in [2.24, 2.45) is 0 Å². The fourth-order valence-electron chi connectivity index (χ4n) is 2.49. The third kappa shape index (κ3) is 2.25. The van der Waals surface area contributed by atoms with Gasteiger partial charge in [0.15, 0.2) is 0 Å². The van der Waals surface area contributed by atoms with E-state index in [-0.39, 0.29) is 18.2 Å². The smallest absolute Gasteiger partial charge is 0.260 e. The maximum Gasteiger partial charge on any atom is 0.260 e. The zero-order valence-electron chi connectivity index (χ0n) is 11.8. The van der Waals surface area contributed by atoms with Gasteiger partial charge >= 0.3 is 0 Å². The molecule has 1 atom stereocenters. The van der Waals surface area contributed by atoms with Crippen LogP contribution in [0.2, 0.25) is 0 Å². The summed E-state index contributed by atoms with van der Waals surface area (Å²) in [7, 11) is 1.47. The van der Waals surface area contributed by atoms with Gasteiger partial charge in [-0.2, -0.15) is 0 Å². The zero-order chi connectivity index (χ0) is 15.1. The number of aryl methyl sites for hydroxylation is 1. The van der Waals surface area contributed by atoms with Crippen LogP contribution in [0.25, 0.3) is 0 Å². The second-order valence-corrected chi connectivity index (χ2v) is 5.24. The fraction of sp³-hybridized carbons (Fsp3) is 0.250. The second-order valence-electron chi connectivity index (χ2n) is 5.24. The molecule has 0 spiro atoms. The number of imide groups is 1. The predicted molar refractivity (Wildman–Crippen MR) is 74.8 cm³/mol. The van der Waals surface area contributed by atoms with Crippen LogP contribution in [-0.4, -0.2) is 28.9 Å². The molecule has 0 bridgehead atoms. The van der Waals surface area contributed by atoms with E-state index < -0.39 is 6.10 Å². The molecule has 1 aromatic carbocycles. The van der Waals surface area contributed by atoms with Crippen molar-refractivity contribution in [3.63, 3.8) is 0 Å². The molecule has 5 nitrogen and oxygen atoms in total. The quantitative estimate of drug-likeness (QED) is 0.854. The highest BCUT2D eigenvalue weighted by molar-refractivity contribution is 6.09. The van der Waals surface area contributed by atoms with E-state index in [1.807, 2.05) is 0 Å². The Bertz CT molecular complexity index is 732. The van der Waals surface area contributed by atoms with Crippen molar-refractivity contribution in [1.29, 1.82) is 0 Å². The molecule has 0 radical (unpaired) electrons. The number of benzene rings is 1. The van der Waals surface area contributed by atoms with E-state index in [0.29, 0.717) is 28.0 Å². The van der Waals surface area contributed by atoms with Gasteiger partial charge in [0, 0.05) is 18.2 Å². The van der Waals surface area contributed by atoms with E-state index in [4.69, 9.17) is 4.42 Å². The zero-order valence-corrected chi connectivity index (χ0v) is 11.8. The summed E-state index contributed by atoms with van der Waals surface area (Å²) >= 11 is 0. The Morgan fingerprint density at radius 3 is 2.67 bits per heavy atom. The summed E-state index contributed by atoms with van der Waals surface area (Å²) in [6, 6.07) is 6.86. The number of aliphatic hydroxyl groups excluding tert-OH is 1. The third-order valence-corrected chi connectivity index (χ3v) is 3.77. The van der Waals surface area contributed by atoms with Crippen LogP contribution in [0.4, 0.5) is 0 Å². The summed E-state index contributed by atoms with van der Waals surface area (Å²) in [5.41, 5.74) is 2.40. The molecule has 1 aromatic heterocycles. The molecule has 2 heterocycles. The number of carbonyl (C=O) groups is 2. The molecule has 5 heteroatoms. The lowest BCUT2D eigenvalue weighted by atomic mass is 9.93. The summed E-state index contributed by atoms with van der Waals surface area (Å²) < 4.78 is 5.19. The number of amides is 2. The molecule has 1 N–H and O–H groups in total. The van der Waals surface area contributed by atoms with Gasteiger partial charge in [-0.1, -0.05) is 12.1 Å². The summed E-state index contributed by atoms with van der Waals surface area (Å²) in [6.45, 7) is 1.80. The van der Waals surface area contributed by atoms with Crippen LogP contribution in [0.15, 0.2) is 34.9 Å². The molecule has 108 valence electrons. The van der Waals surface area contributed by atoms with E-state index >= 15 is 0 Å². The number of nitrogens with zero attached hydrogens (tertiary/aromatic N) is 1. The number of likely N-dealkylation sites (N-methyl/N-ethyl adjacent to an activating group) is 1. The Morgan fingerprint density at radius 1 is 1.24 bits per heavy atom. The maximum absolute atomic E-state index is 12.1. The number of hydrogen-bond donors (Lipinski definition) is 1. The monoisotopic (exact) mass is 285 g/mol. The van der Waals surface area contributed by atoms with Gasteiger partial charge in [-0.15, -0.1) is 0 Å². The van der Waals surface area contributed by atoms with Crippen LogP contribution in [0.3, 0.4) is 0 Å². The van der Waals surface area contributed by atoms with Crippen LogP contribution in [0.5, 0.6) is 0 Å². The molecule has 0 aliphatic carbocycles. The highest BCUT2D eigenvalue weighted by Crippen LogP contribution is 2.27. The van der Waals surface area contributed by atoms with Crippen molar-refractivity contribution in [2.45, 2.75) is 19.4 Å². The lowest BCUT2D eigenvalue weighted by molar-refractivity contribution is -0.127. The molecule has 21 heavy (non-hydrogen) atoms. The third-order valence-electron chi connectivity index (χ3n) is 3.77.